The van der Waals surface area contributed by atoms with Crippen molar-refractivity contribution in [1.82, 2.24) is 9.97 Å². The molecule has 0 amide bonds. The fourth-order valence-corrected chi connectivity index (χ4v) is 1.75. The first kappa shape index (κ1) is 14.2. The van der Waals surface area contributed by atoms with Gasteiger partial charge in [0.1, 0.15) is 11.6 Å². The first-order valence-electron chi connectivity index (χ1n) is 6.02. The normalized spacial score (nSPS) is 9.90. The second-order valence-corrected chi connectivity index (χ2v) is 3.96. The summed E-state index contributed by atoms with van der Waals surface area (Å²) in [5, 5.41) is 19.9. The Kier molecular flexibility index (Phi) is 3.95. The lowest BCUT2D eigenvalue weighted by Crippen LogP contribution is -2.05. The van der Waals surface area contributed by atoms with Crippen LogP contribution >= 0.6 is 0 Å². The molecule has 0 aliphatic carbocycles. The number of non-ortho nitro benzene ring substituents is 1. The van der Waals surface area contributed by atoms with E-state index in [0.717, 1.165) is 0 Å². The lowest BCUT2D eigenvalue weighted by Gasteiger charge is -2.09. The number of nitro groups is 1. The van der Waals surface area contributed by atoms with E-state index in [1.165, 1.54) is 24.3 Å². The van der Waals surface area contributed by atoms with Crippen LogP contribution in [-0.2, 0) is 0 Å². The van der Waals surface area contributed by atoms with Crippen molar-refractivity contribution in [2.45, 2.75) is 6.92 Å². The van der Waals surface area contributed by atoms with Gasteiger partial charge in [-0.25, -0.2) is 4.98 Å². The van der Waals surface area contributed by atoms with Gasteiger partial charge in [-0.05, 0) is 19.1 Å². The van der Waals surface area contributed by atoms with Gasteiger partial charge in [0.25, 0.3) is 5.69 Å². The highest BCUT2D eigenvalue weighted by atomic mass is 16.6. The number of aromatic nitrogens is 2. The Labute approximate surface area is 120 Å². The van der Waals surface area contributed by atoms with Crippen molar-refractivity contribution in [3.8, 4) is 23.2 Å². The minimum absolute atomic E-state index is 0.0363. The summed E-state index contributed by atoms with van der Waals surface area (Å²) in [5.74, 6) is 0.0617. The summed E-state index contributed by atoms with van der Waals surface area (Å²) in [6.07, 6.45) is 0. The summed E-state index contributed by atoms with van der Waals surface area (Å²) >= 11 is 0. The Morgan fingerprint density at radius 2 is 2.05 bits per heavy atom. The van der Waals surface area contributed by atoms with Crippen LogP contribution in [0.2, 0.25) is 0 Å². The fraction of sp³-hybridized carbons (Fsp3) is 0.154. The van der Waals surface area contributed by atoms with Gasteiger partial charge in [0.15, 0.2) is 0 Å². The molecular weight excluding hydrogens is 274 g/mol. The third-order valence-electron chi connectivity index (χ3n) is 2.64. The number of rotatable bonds is 4. The first-order valence-corrected chi connectivity index (χ1v) is 6.02. The summed E-state index contributed by atoms with van der Waals surface area (Å²) < 4.78 is 5.27. The standard InChI is InChI=1S/C13H11N5O3/c1-2-21-12-10(7-14)11(16-13(15)17-12)8-3-5-9(6-4-8)18(19)20/h3-6H,2H2,1H3,(H2,15,16,17). The van der Waals surface area contributed by atoms with Crippen LogP contribution in [-0.4, -0.2) is 21.5 Å². The molecule has 2 rings (SSSR count). The SMILES string of the molecule is CCOc1nc(N)nc(-c2ccc([N+](=O)[O-])cc2)c1C#N. The third-order valence-corrected chi connectivity index (χ3v) is 2.64. The summed E-state index contributed by atoms with van der Waals surface area (Å²) in [5.41, 5.74) is 6.50. The molecule has 0 aliphatic heterocycles. The van der Waals surface area contributed by atoms with Crippen molar-refractivity contribution in [1.29, 1.82) is 5.26 Å². The smallest absolute Gasteiger partial charge is 0.269 e. The molecule has 0 spiro atoms. The second-order valence-electron chi connectivity index (χ2n) is 3.96. The number of anilines is 1. The first-order chi connectivity index (χ1) is 10.1. The maximum Gasteiger partial charge on any atom is 0.269 e. The molecule has 2 aromatic rings. The molecule has 21 heavy (non-hydrogen) atoms. The molecule has 0 fully saturated rings. The Bertz CT molecular complexity index is 722. The van der Waals surface area contributed by atoms with Crippen LogP contribution in [0.25, 0.3) is 11.3 Å². The van der Waals surface area contributed by atoms with Gasteiger partial charge >= 0.3 is 0 Å². The minimum atomic E-state index is -0.505. The molecule has 0 bridgehead atoms. The van der Waals surface area contributed by atoms with Crippen LogP contribution in [0.1, 0.15) is 12.5 Å². The Morgan fingerprint density at radius 1 is 1.38 bits per heavy atom. The van der Waals surface area contributed by atoms with Crippen LogP contribution in [0.3, 0.4) is 0 Å². The Hall–Kier alpha value is -3.21. The van der Waals surface area contributed by atoms with Gasteiger partial charge < -0.3 is 10.5 Å². The number of benzene rings is 1. The Morgan fingerprint density at radius 3 is 2.57 bits per heavy atom. The largest absolute Gasteiger partial charge is 0.477 e. The van der Waals surface area contributed by atoms with E-state index in [-0.39, 0.29) is 28.8 Å². The van der Waals surface area contributed by atoms with Gasteiger partial charge in [-0.1, -0.05) is 0 Å². The number of nitrogens with zero attached hydrogens (tertiary/aromatic N) is 4. The highest BCUT2D eigenvalue weighted by Gasteiger charge is 2.17. The molecule has 106 valence electrons. The zero-order valence-corrected chi connectivity index (χ0v) is 11.1. The van der Waals surface area contributed by atoms with Crippen molar-refractivity contribution < 1.29 is 9.66 Å². The molecule has 1 aromatic carbocycles. The number of nitrogens with two attached hydrogens (primary N) is 1. The van der Waals surface area contributed by atoms with Crippen molar-refractivity contribution in [2.24, 2.45) is 0 Å². The predicted octanol–water partition coefficient (Wildman–Crippen LogP) is 1.90. The second kappa shape index (κ2) is 5.83. The predicted molar refractivity (Wildman–Crippen MR) is 74.4 cm³/mol. The van der Waals surface area contributed by atoms with Gasteiger partial charge in [0.2, 0.25) is 11.8 Å². The van der Waals surface area contributed by atoms with Gasteiger partial charge in [0.05, 0.1) is 17.2 Å². The van der Waals surface area contributed by atoms with Gasteiger partial charge in [-0.2, -0.15) is 10.2 Å². The Balaban J connectivity index is 2.57. The van der Waals surface area contributed by atoms with E-state index in [0.29, 0.717) is 12.2 Å². The van der Waals surface area contributed by atoms with E-state index in [1.54, 1.807) is 6.92 Å². The van der Waals surface area contributed by atoms with Crippen LogP contribution in [0.15, 0.2) is 24.3 Å². The zero-order valence-electron chi connectivity index (χ0n) is 11.1. The highest BCUT2D eigenvalue weighted by molar-refractivity contribution is 5.70. The molecule has 0 unspecified atom stereocenters. The molecule has 0 saturated carbocycles. The fourth-order valence-electron chi connectivity index (χ4n) is 1.75. The molecule has 8 nitrogen and oxygen atoms in total. The zero-order chi connectivity index (χ0) is 15.4. The van der Waals surface area contributed by atoms with E-state index in [4.69, 9.17) is 10.5 Å². The minimum Gasteiger partial charge on any atom is -0.477 e. The van der Waals surface area contributed by atoms with Crippen molar-refractivity contribution in [3.05, 3.63) is 39.9 Å². The molecule has 8 heteroatoms. The van der Waals surface area contributed by atoms with Crippen molar-refractivity contribution >= 4 is 11.6 Å². The maximum absolute atomic E-state index is 10.7. The van der Waals surface area contributed by atoms with Crippen LogP contribution in [0.4, 0.5) is 11.6 Å². The van der Waals surface area contributed by atoms with E-state index >= 15 is 0 Å². The number of nitrogen functional groups attached to an aromatic ring is 1. The molecule has 0 aliphatic rings. The number of nitro benzene ring substituents is 1. The molecule has 0 atom stereocenters. The average Bonchev–Trinajstić information content (AvgIpc) is 2.47. The molecule has 0 radical (unpaired) electrons. The lowest BCUT2D eigenvalue weighted by molar-refractivity contribution is -0.384. The maximum atomic E-state index is 10.7. The van der Waals surface area contributed by atoms with E-state index < -0.39 is 4.92 Å². The molecule has 1 aromatic heterocycles. The van der Waals surface area contributed by atoms with Crippen LogP contribution in [0, 0.1) is 21.4 Å². The summed E-state index contributed by atoms with van der Waals surface area (Å²) in [4.78, 5) is 18.1. The van der Waals surface area contributed by atoms with Gasteiger partial charge in [-0.3, -0.25) is 10.1 Å². The molecule has 0 saturated heterocycles. The van der Waals surface area contributed by atoms with Crippen LogP contribution in [0.5, 0.6) is 5.88 Å². The van der Waals surface area contributed by atoms with E-state index in [2.05, 4.69) is 9.97 Å². The lowest BCUT2D eigenvalue weighted by atomic mass is 10.1. The molecule has 2 N–H and O–H groups in total. The number of hydrogen-bond acceptors (Lipinski definition) is 7. The van der Waals surface area contributed by atoms with Gasteiger partial charge in [0, 0.05) is 17.7 Å². The van der Waals surface area contributed by atoms with Crippen molar-refractivity contribution in [3.63, 3.8) is 0 Å². The number of ether oxygens (including phenoxy) is 1. The van der Waals surface area contributed by atoms with E-state index in [9.17, 15) is 15.4 Å². The third kappa shape index (κ3) is 2.87. The summed E-state index contributed by atoms with van der Waals surface area (Å²) in [7, 11) is 0. The quantitative estimate of drug-likeness (QED) is 0.670. The number of nitriles is 1. The average molecular weight is 285 g/mol. The van der Waals surface area contributed by atoms with E-state index in [1.807, 2.05) is 6.07 Å². The van der Waals surface area contributed by atoms with Crippen molar-refractivity contribution in [2.75, 3.05) is 12.3 Å². The highest BCUT2D eigenvalue weighted by Crippen LogP contribution is 2.29. The summed E-state index contributed by atoms with van der Waals surface area (Å²) in [6, 6.07) is 7.62. The monoisotopic (exact) mass is 285 g/mol. The van der Waals surface area contributed by atoms with Crippen LogP contribution < -0.4 is 10.5 Å². The topological polar surface area (TPSA) is 128 Å². The molecular formula is C13H11N5O3. The summed E-state index contributed by atoms with van der Waals surface area (Å²) in [6.45, 7) is 2.08. The molecule has 1 heterocycles. The number of hydrogen-bond donors (Lipinski definition) is 1. The van der Waals surface area contributed by atoms with Gasteiger partial charge in [-0.15, -0.1) is 0 Å².